The average Bonchev–Trinajstić information content (AvgIpc) is 3.45. The zero-order chi connectivity index (χ0) is 36.1. The maximum atomic E-state index is 13.4. The van der Waals surface area contributed by atoms with E-state index in [4.69, 9.17) is 31.0 Å². The summed E-state index contributed by atoms with van der Waals surface area (Å²) in [6.07, 6.45) is 0.263. The largest absolute Gasteiger partial charge is 0.485 e. The molecule has 3 heterocycles. The number of nitrogen functional groups attached to an aromatic ring is 1. The molecule has 2 amide bonds. The Balaban J connectivity index is 1.32. The highest BCUT2D eigenvalue weighted by Gasteiger charge is 2.58. The fraction of sp³-hybridized carbons (Fsp3) is 0.500. The molecule has 1 aromatic heterocycles. The summed E-state index contributed by atoms with van der Waals surface area (Å²) in [5, 5.41) is 40.0. The fourth-order valence-electron chi connectivity index (χ4n) is 5.74. The van der Waals surface area contributed by atoms with Crippen molar-refractivity contribution in [1.29, 1.82) is 5.41 Å². The molecule has 0 bridgehead atoms. The highest BCUT2D eigenvalue weighted by molar-refractivity contribution is 7.80. The number of amides is 2. The Labute approximate surface area is 284 Å². The third kappa shape index (κ3) is 7.16. The number of hydrogen-bond donors (Lipinski definition) is 8. The van der Waals surface area contributed by atoms with Crippen LogP contribution in [0.25, 0.3) is 0 Å². The number of nitrogens with zero attached hydrogens (tertiary/aromatic N) is 3. The van der Waals surface area contributed by atoms with Gasteiger partial charge >= 0.3 is 16.4 Å². The van der Waals surface area contributed by atoms with Crippen molar-refractivity contribution < 1.29 is 51.4 Å². The van der Waals surface area contributed by atoms with Gasteiger partial charge in [-0.05, 0) is 70.2 Å². The van der Waals surface area contributed by atoms with Gasteiger partial charge in [-0.3, -0.25) is 19.6 Å². The minimum Gasteiger partial charge on any atom is -0.485 e. The molecular formula is C28H36N8O11S2. The van der Waals surface area contributed by atoms with Crippen molar-refractivity contribution in [3.63, 3.8) is 0 Å². The predicted octanol–water partition coefficient (Wildman–Crippen LogP) is -0.710. The number of amidine groups is 1. The monoisotopic (exact) mass is 724 g/mol. The number of aryl methyl sites for hydroxylation is 1. The number of ether oxygens (including phenoxy) is 1. The summed E-state index contributed by atoms with van der Waals surface area (Å²) in [6, 6.07) is 3.57. The number of benzene rings is 1. The number of carbonyl (C=O) groups excluding carboxylic acids is 2. The first-order valence-electron chi connectivity index (χ1n) is 14.9. The Bertz CT molecular complexity index is 1830. The van der Waals surface area contributed by atoms with Gasteiger partial charge in [-0.15, -0.1) is 15.6 Å². The Morgan fingerprint density at radius 2 is 2.00 bits per heavy atom. The van der Waals surface area contributed by atoms with Crippen LogP contribution in [0.1, 0.15) is 56.9 Å². The van der Waals surface area contributed by atoms with E-state index >= 15 is 0 Å². The van der Waals surface area contributed by atoms with Crippen molar-refractivity contribution in [2.24, 2.45) is 10.9 Å². The van der Waals surface area contributed by atoms with Crippen LogP contribution < -0.4 is 26.8 Å². The molecule has 1 saturated heterocycles. The number of carboxylic acids is 1. The molecule has 0 radical (unpaired) electrons. The van der Waals surface area contributed by atoms with Gasteiger partial charge in [-0.25, -0.2) is 9.78 Å². The van der Waals surface area contributed by atoms with E-state index in [1.54, 1.807) is 18.2 Å². The number of aromatic nitrogens is 1. The van der Waals surface area contributed by atoms with Crippen molar-refractivity contribution >= 4 is 56.2 Å². The van der Waals surface area contributed by atoms with Crippen molar-refractivity contribution in [3.05, 3.63) is 40.4 Å². The van der Waals surface area contributed by atoms with Gasteiger partial charge in [0.15, 0.2) is 16.9 Å². The lowest BCUT2D eigenvalue weighted by Crippen LogP contribution is -2.76. The number of carbonyl (C=O) groups is 3. The van der Waals surface area contributed by atoms with Gasteiger partial charge in [0, 0.05) is 23.5 Å². The number of aliphatic hydroxyl groups is 1. The van der Waals surface area contributed by atoms with Crippen LogP contribution in [0, 0.1) is 5.41 Å². The van der Waals surface area contributed by atoms with Gasteiger partial charge in [0.25, 0.3) is 17.4 Å². The van der Waals surface area contributed by atoms with Gasteiger partial charge in [0.1, 0.15) is 23.3 Å². The third-order valence-corrected chi connectivity index (χ3v) is 9.75. The first-order chi connectivity index (χ1) is 22.8. The zero-order valence-corrected chi connectivity index (χ0v) is 28.1. The van der Waals surface area contributed by atoms with Gasteiger partial charge in [0.2, 0.25) is 0 Å². The molecule has 49 heavy (non-hydrogen) atoms. The zero-order valence-electron chi connectivity index (χ0n) is 26.5. The Hall–Kier alpha value is -4.41. The van der Waals surface area contributed by atoms with Crippen LogP contribution in [-0.2, 0) is 40.3 Å². The number of oxime groups is 1. The molecule has 21 heteroatoms. The minimum absolute atomic E-state index is 0.0453. The molecule has 1 saturated carbocycles. The minimum atomic E-state index is -5.04. The maximum absolute atomic E-state index is 13.4. The second kappa shape index (κ2) is 12.8. The smallest absolute Gasteiger partial charge is 0.418 e. The van der Waals surface area contributed by atoms with E-state index in [0.29, 0.717) is 35.6 Å². The molecule has 0 spiro atoms. The molecule has 3 aliphatic rings. The highest BCUT2D eigenvalue weighted by atomic mass is 32.3. The number of anilines is 1. The number of β-lactam (4-membered cyclic amide) rings is 1. The van der Waals surface area contributed by atoms with E-state index in [1.807, 2.05) is 0 Å². The number of rotatable bonds is 12. The number of thiazole rings is 1. The standard InChI is InChI=1S/C28H36N8O11S2/c1-26(2)20(23(38)36(26)47-49(42,43)44)34-22(37)19(16-11-48-25(31)33-16)35-46-27(3,24(39)40)18-7-5-13-8-14(4-6-17(13)45-18)21(30)32-15-9-28(41,10-15)12-29/h4,6,8,11,15,18,20,41H,5,7,9-10,12,29H2,1-3H3,(H2,30,32)(H2,31,33)(H,34,37)(H,39,40)(H,42,43,44)/b35-19-/t15?,18-,20-,27+,28?/m1/s1. The Kier molecular flexibility index (Phi) is 9.38. The Morgan fingerprint density at radius 3 is 2.57 bits per heavy atom. The topological polar surface area (TPSA) is 302 Å². The van der Waals surface area contributed by atoms with Gasteiger partial charge in [0.05, 0.1) is 11.1 Å². The van der Waals surface area contributed by atoms with Crippen LogP contribution in [0.2, 0.25) is 0 Å². The molecule has 19 nitrogen and oxygen atoms in total. The number of carboxylic acid groups (broad SMARTS) is 1. The molecule has 266 valence electrons. The summed E-state index contributed by atoms with van der Waals surface area (Å²) in [7, 11) is -5.04. The second-order valence-corrected chi connectivity index (χ2v) is 14.6. The molecule has 2 aromatic rings. The van der Waals surface area contributed by atoms with Gasteiger partial charge in [-0.2, -0.15) is 13.5 Å². The lowest BCUT2D eigenvalue weighted by Gasteiger charge is -2.50. The van der Waals surface area contributed by atoms with Crippen LogP contribution in [0.5, 0.6) is 5.75 Å². The summed E-state index contributed by atoms with van der Waals surface area (Å²) >= 11 is 0.951. The SMILES string of the molecule is CC1(C)[C@H](NC(=O)/C(=N\O[C@](C)(C(=O)O)[C@H]2CCc3cc(C(=N)NC4CC(O)(CN)C4)ccc3O2)c2csc(N)n2)C(=O)N1OS(=O)(=O)O. The number of fused-ring (bicyclic) bond motifs is 1. The number of hydrogen-bond acceptors (Lipinski definition) is 15. The molecule has 1 aromatic carbocycles. The van der Waals surface area contributed by atoms with Crippen molar-refractivity contribution in [2.75, 3.05) is 12.3 Å². The lowest BCUT2D eigenvalue weighted by atomic mass is 9.75. The molecule has 2 fully saturated rings. The van der Waals surface area contributed by atoms with E-state index in [-0.39, 0.29) is 35.7 Å². The lowest BCUT2D eigenvalue weighted by molar-refractivity contribution is -0.218. The van der Waals surface area contributed by atoms with Gasteiger partial charge in [-0.1, -0.05) is 5.16 Å². The summed E-state index contributed by atoms with van der Waals surface area (Å²) in [6.45, 7) is 4.08. The molecule has 2 aliphatic heterocycles. The van der Waals surface area contributed by atoms with Crippen LogP contribution in [-0.4, -0.2) is 104 Å². The summed E-state index contributed by atoms with van der Waals surface area (Å²) in [5.74, 6) is -2.99. The molecule has 10 N–H and O–H groups in total. The quantitative estimate of drug-likeness (QED) is 0.0441. The number of nitrogens with two attached hydrogens (primary N) is 2. The van der Waals surface area contributed by atoms with E-state index in [0.717, 1.165) is 16.9 Å². The maximum Gasteiger partial charge on any atom is 0.418 e. The van der Waals surface area contributed by atoms with Gasteiger partial charge < -0.3 is 41.9 Å². The van der Waals surface area contributed by atoms with E-state index in [1.165, 1.54) is 26.2 Å². The molecule has 1 aliphatic carbocycles. The summed E-state index contributed by atoms with van der Waals surface area (Å²) in [5.41, 5.74) is 7.47. The Morgan fingerprint density at radius 1 is 1.31 bits per heavy atom. The van der Waals surface area contributed by atoms with Crippen LogP contribution >= 0.6 is 11.3 Å². The summed E-state index contributed by atoms with van der Waals surface area (Å²) in [4.78, 5) is 48.2. The van der Waals surface area contributed by atoms with Crippen molar-refractivity contribution in [2.45, 2.75) is 81.4 Å². The predicted molar refractivity (Wildman–Crippen MR) is 172 cm³/mol. The number of aliphatic carboxylic acids is 1. The highest BCUT2D eigenvalue weighted by Crippen LogP contribution is 2.36. The molecular weight excluding hydrogens is 688 g/mol. The van der Waals surface area contributed by atoms with Crippen LogP contribution in [0.3, 0.4) is 0 Å². The van der Waals surface area contributed by atoms with E-state index in [9.17, 15) is 33.0 Å². The molecule has 5 rings (SSSR count). The number of hydroxylamine groups is 2. The second-order valence-electron chi connectivity index (χ2n) is 12.7. The summed E-state index contributed by atoms with van der Waals surface area (Å²) < 4.78 is 41.7. The third-order valence-electron chi connectivity index (χ3n) is 8.74. The fourth-order valence-corrected chi connectivity index (χ4v) is 6.74. The van der Waals surface area contributed by atoms with Crippen LogP contribution in [0.15, 0.2) is 28.7 Å². The number of nitrogens with one attached hydrogen (secondary N) is 3. The van der Waals surface area contributed by atoms with Crippen molar-refractivity contribution in [3.8, 4) is 5.75 Å². The first kappa shape index (κ1) is 35.9. The normalized spacial score (nSPS) is 25.8. The van der Waals surface area contributed by atoms with E-state index in [2.05, 4.69) is 25.1 Å². The molecule has 3 atom stereocenters. The van der Waals surface area contributed by atoms with E-state index < -0.39 is 62.8 Å². The average molecular weight is 725 g/mol. The molecule has 0 unspecified atom stereocenters. The van der Waals surface area contributed by atoms with Crippen LogP contribution in [0.4, 0.5) is 5.13 Å². The first-order valence-corrected chi connectivity index (χ1v) is 17.1. The van der Waals surface area contributed by atoms with Crippen molar-refractivity contribution in [1.82, 2.24) is 20.7 Å².